The molecule has 0 radical (unpaired) electrons. The Morgan fingerprint density at radius 2 is 1.97 bits per heavy atom. The molecule has 0 saturated carbocycles. The Kier molecular flexibility index (Phi) is 10.5. The lowest BCUT2D eigenvalue weighted by molar-refractivity contribution is -0.156. The Morgan fingerprint density at radius 1 is 1.31 bits per heavy atom. The Morgan fingerprint density at radius 3 is 2.56 bits per heavy atom. The summed E-state index contributed by atoms with van der Waals surface area (Å²) in [6, 6.07) is 7.98. The van der Waals surface area contributed by atoms with Gasteiger partial charge in [0.25, 0.3) is 0 Å². The van der Waals surface area contributed by atoms with E-state index in [9.17, 15) is 19.8 Å². The van der Waals surface area contributed by atoms with Crippen LogP contribution in [-0.4, -0.2) is 69.8 Å². The van der Waals surface area contributed by atoms with Crippen LogP contribution in [0.1, 0.15) is 47.5 Å². The van der Waals surface area contributed by atoms with Crippen LogP contribution in [0.15, 0.2) is 54.8 Å². The predicted molar refractivity (Wildman–Crippen MR) is 150 cm³/mol. The van der Waals surface area contributed by atoms with E-state index in [1.165, 1.54) is 18.0 Å². The fourth-order valence-corrected chi connectivity index (χ4v) is 6.60. The van der Waals surface area contributed by atoms with Crippen LogP contribution in [0, 0.1) is 5.92 Å². The van der Waals surface area contributed by atoms with Crippen molar-refractivity contribution in [2.75, 3.05) is 6.61 Å². The lowest BCUT2D eigenvalue weighted by Crippen LogP contribution is -2.53. The van der Waals surface area contributed by atoms with E-state index in [1.54, 1.807) is 44.2 Å². The quantitative estimate of drug-likeness (QED) is 0.249. The second kappa shape index (κ2) is 13.0. The van der Waals surface area contributed by atoms with Crippen molar-refractivity contribution in [3.63, 3.8) is 0 Å². The minimum absolute atomic E-state index is 0.0725. The van der Waals surface area contributed by atoms with E-state index in [4.69, 9.17) is 30.3 Å². The average Bonchev–Trinajstić information content (AvgIpc) is 3.06. The third-order valence-corrected chi connectivity index (χ3v) is 8.60. The zero-order valence-corrected chi connectivity index (χ0v) is 24.7. The maximum atomic E-state index is 12.9. The van der Waals surface area contributed by atoms with Gasteiger partial charge in [-0.05, 0) is 68.7 Å². The largest absolute Gasteiger partial charge is 0.462 e. The van der Waals surface area contributed by atoms with Gasteiger partial charge in [-0.25, -0.2) is 5.09 Å². The van der Waals surface area contributed by atoms with Gasteiger partial charge in [-0.2, -0.15) is 0 Å². The van der Waals surface area contributed by atoms with Gasteiger partial charge in [0.05, 0.1) is 19.1 Å². The van der Waals surface area contributed by atoms with Gasteiger partial charge in [-0.15, -0.1) is 0 Å². The number of aliphatic hydroxyl groups excluding tert-OH is 1. The van der Waals surface area contributed by atoms with Crippen molar-refractivity contribution in [2.45, 2.75) is 83.6 Å². The summed E-state index contributed by atoms with van der Waals surface area (Å²) in [5, 5.41) is 25.1. The molecule has 0 aromatic heterocycles. The summed E-state index contributed by atoms with van der Waals surface area (Å²) in [6.45, 7) is 8.91. The number of ether oxygens (including phenoxy) is 2. The van der Waals surface area contributed by atoms with Crippen molar-refractivity contribution < 1.29 is 38.3 Å². The highest BCUT2D eigenvalue weighted by Crippen LogP contribution is 2.47. The van der Waals surface area contributed by atoms with Crippen LogP contribution in [0.25, 0.3) is 0 Å². The first-order valence-electron chi connectivity index (χ1n) is 12.9. The summed E-state index contributed by atoms with van der Waals surface area (Å²) < 4.78 is 23.6. The summed E-state index contributed by atoms with van der Waals surface area (Å²) in [6.07, 6.45) is -0.328. The van der Waals surface area contributed by atoms with Gasteiger partial charge in [0, 0.05) is 6.20 Å². The Balaban J connectivity index is 1.82. The summed E-state index contributed by atoms with van der Waals surface area (Å²) in [7, 11) is 0. The molecule has 1 amide bonds. The number of hydrogen-bond donors (Lipinski definition) is 3. The highest BCUT2D eigenvalue weighted by molar-refractivity contribution is 8.09. The van der Waals surface area contributed by atoms with E-state index in [-0.39, 0.29) is 31.0 Å². The van der Waals surface area contributed by atoms with Crippen molar-refractivity contribution >= 4 is 30.3 Å². The third kappa shape index (κ3) is 8.20. The Labute approximate surface area is 235 Å². The second-order valence-corrected chi connectivity index (χ2v) is 13.8. The van der Waals surface area contributed by atoms with E-state index in [1.807, 2.05) is 19.9 Å². The Bertz CT molecular complexity index is 1110. The number of hydrogen-bond acceptors (Lipinski definition) is 9. The molecule has 3 rings (SSSR count). The normalized spacial score (nSPS) is 27.6. The lowest BCUT2D eigenvalue weighted by atomic mass is 9.95. The minimum Gasteiger partial charge on any atom is -0.462 e. The number of aliphatic hydroxyl groups is 2. The SMILES string of the molecule is C=C1C=CN([C@@H]2O[C@H](COP(=S)(NC(CC(C)C)C(=O)OC(C)C)Oc3ccccc3)[C@@H](O)[C@@]2(C)O)C(=O)C1. The molecule has 1 saturated heterocycles. The van der Waals surface area contributed by atoms with E-state index >= 15 is 0 Å². The monoisotopic (exact) mass is 582 g/mol. The smallest absolute Gasteiger partial charge is 0.323 e. The molecule has 1 fully saturated rings. The first-order chi connectivity index (χ1) is 18.2. The maximum Gasteiger partial charge on any atom is 0.323 e. The molecule has 0 aliphatic carbocycles. The lowest BCUT2D eigenvalue weighted by Gasteiger charge is -2.35. The molecule has 6 atom stereocenters. The number of carbonyl (C=O) groups is 2. The number of nitrogens with one attached hydrogen (secondary N) is 1. The van der Waals surface area contributed by atoms with Crippen LogP contribution >= 0.6 is 6.64 Å². The molecular weight excluding hydrogens is 543 g/mol. The molecule has 216 valence electrons. The molecule has 12 heteroatoms. The van der Waals surface area contributed by atoms with Crippen LogP contribution < -0.4 is 9.61 Å². The fourth-order valence-electron chi connectivity index (χ4n) is 4.26. The van der Waals surface area contributed by atoms with Gasteiger partial charge in [-0.3, -0.25) is 14.5 Å². The first-order valence-corrected chi connectivity index (χ1v) is 15.6. The average molecular weight is 583 g/mol. The molecule has 0 bridgehead atoms. The van der Waals surface area contributed by atoms with E-state index in [0.29, 0.717) is 17.7 Å². The second-order valence-electron chi connectivity index (χ2n) is 10.6. The number of rotatable bonds is 12. The van der Waals surface area contributed by atoms with Crippen LogP contribution in [-0.2, 0) is 35.4 Å². The number of nitrogens with zero attached hydrogens (tertiary/aromatic N) is 1. The van der Waals surface area contributed by atoms with Gasteiger partial charge in [-0.1, -0.05) is 38.6 Å². The van der Waals surface area contributed by atoms with E-state index < -0.39 is 42.7 Å². The van der Waals surface area contributed by atoms with E-state index in [2.05, 4.69) is 11.7 Å². The summed E-state index contributed by atoms with van der Waals surface area (Å²) in [5.74, 6) is -0.244. The topological polar surface area (TPSA) is 127 Å². The molecular formula is C27H39N2O8PS. The van der Waals surface area contributed by atoms with Crippen molar-refractivity contribution in [1.29, 1.82) is 0 Å². The van der Waals surface area contributed by atoms with Crippen LogP contribution in [0.4, 0.5) is 0 Å². The number of carbonyl (C=O) groups excluding carboxylic acids is 2. The number of benzene rings is 1. The highest BCUT2D eigenvalue weighted by Gasteiger charge is 2.55. The summed E-state index contributed by atoms with van der Waals surface area (Å²) in [5.41, 5.74) is -1.17. The maximum absolute atomic E-state index is 12.9. The molecule has 10 nitrogen and oxygen atoms in total. The Hall–Kier alpha value is -2.11. The van der Waals surface area contributed by atoms with Gasteiger partial charge < -0.3 is 28.7 Å². The number of para-hydroxylation sites is 1. The van der Waals surface area contributed by atoms with Crippen molar-refractivity contribution in [1.82, 2.24) is 9.99 Å². The van der Waals surface area contributed by atoms with Gasteiger partial charge in [0.15, 0.2) is 6.23 Å². The third-order valence-electron chi connectivity index (χ3n) is 6.18. The molecule has 2 aliphatic heterocycles. The molecule has 39 heavy (non-hydrogen) atoms. The van der Waals surface area contributed by atoms with E-state index in [0.717, 1.165) is 0 Å². The van der Waals surface area contributed by atoms with Crippen LogP contribution in [0.2, 0.25) is 0 Å². The fraction of sp³-hybridized carbons (Fsp3) is 0.556. The van der Waals surface area contributed by atoms with Gasteiger partial charge in [0.2, 0.25) is 5.91 Å². The molecule has 0 spiro atoms. The van der Waals surface area contributed by atoms with Crippen molar-refractivity contribution in [2.24, 2.45) is 5.92 Å². The van der Waals surface area contributed by atoms with Crippen molar-refractivity contribution in [3.05, 3.63) is 54.8 Å². The molecule has 1 aromatic carbocycles. The highest BCUT2D eigenvalue weighted by atomic mass is 32.5. The molecule has 2 heterocycles. The molecule has 2 aliphatic rings. The zero-order chi connectivity index (χ0) is 29.0. The predicted octanol–water partition coefficient (Wildman–Crippen LogP) is 3.40. The van der Waals surface area contributed by atoms with Crippen LogP contribution in [0.5, 0.6) is 5.75 Å². The van der Waals surface area contributed by atoms with Crippen molar-refractivity contribution in [3.8, 4) is 5.75 Å². The molecule has 2 unspecified atom stereocenters. The number of allylic oxidation sites excluding steroid dienone is 1. The van der Waals surface area contributed by atoms with Gasteiger partial charge in [0.1, 0.15) is 29.6 Å². The molecule has 3 N–H and O–H groups in total. The number of amides is 1. The standard InChI is InChI=1S/C27H39N2O8PS/c1-17(2)14-21(25(32)35-18(3)4)28-38(39,37-20-10-8-7-9-11-20)34-16-22-24(31)27(6,33)26(36-22)29-13-12-19(5)15-23(29)30/h7-13,17-18,21-22,24,26,31,33H,5,14-16H2,1-4,6H3,(H,28,39)/t21?,22-,24-,26-,27-,38?/m1/s1. The minimum atomic E-state index is -3.44. The summed E-state index contributed by atoms with van der Waals surface area (Å²) in [4.78, 5) is 26.7. The number of esters is 1. The zero-order valence-electron chi connectivity index (χ0n) is 23.0. The van der Waals surface area contributed by atoms with Gasteiger partial charge >= 0.3 is 12.6 Å². The van der Waals surface area contributed by atoms with Crippen LogP contribution in [0.3, 0.4) is 0 Å². The summed E-state index contributed by atoms with van der Waals surface area (Å²) >= 11 is 5.83. The first kappa shape index (κ1) is 31.4. The molecule has 1 aromatic rings.